The zero-order valence-corrected chi connectivity index (χ0v) is 16.6. The van der Waals surface area contributed by atoms with Gasteiger partial charge in [0.15, 0.2) is 5.83 Å². The second-order valence-electron chi connectivity index (χ2n) is 7.73. The van der Waals surface area contributed by atoms with Crippen molar-refractivity contribution in [3.05, 3.63) is 66.1 Å². The molecule has 1 aliphatic rings. The number of allylic oxidation sites excluding steroid dienone is 2. The van der Waals surface area contributed by atoms with E-state index in [1.807, 2.05) is 18.2 Å². The summed E-state index contributed by atoms with van der Waals surface area (Å²) in [4.78, 5) is 16.8. The molecule has 1 aromatic carbocycles. The Morgan fingerprint density at radius 3 is 2.43 bits per heavy atom. The Morgan fingerprint density at radius 1 is 1.13 bits per heavy atom. The number of hydrogen-bond acceptors (Lipinski definition) is 4. The first-order valence-electron chi connectivity index (χ1n) is 9.35. The molecule has 1 saturated carbocycles. The van der Waals surface area contributed by atoms with Crippen molar-refractivity contribution in [1.29, 1.82) is 0 Å². The Morgan fingerprint density at radius 2 is 1.80 bits per heavy atom. The molecule has 160 valence electrons. The summed E-state index contributed by atoms with van der Waals surface area (Å²) in [7, 11) is 0. The standard InChI is InChI=1S/C22H21F4NO3/c1-13(16-10-7-11-18(27-16)30-14-8-5-4-6-9-14)29-20(28)19-15(21(19,2)3)12-17(23)22(24,25)26/h4-13,15,19H,1-3H3. The van der Waals surface area contributed by atoms with Crippen LogP contribution in [0, 0.1) is 17.3 Å². The third-order valence-corrected chi connectivity index (χ3v) is 5.18. The summed E-state index contributed by atoms with van der Waals surface area (Å²) >= 11 is 0. The van der Waals surface area contributed by atoms with Gasteiger partial charge in [-0.2, -0.15) is 13.2 Å². The van der Waals surface area contributed by atoms with E-state index in [1.165, 1.54) is 0 Å². The maximum Gasteiger partial charge on any atom is 0.442 e. The van der Waals surface area contributed by atoms with Crippen LogP contribution in [-0.4, -0.2) is 17.1 Å². The average molecular weight is 423 g/mol. The monoisotopic (exact) mass is 423 g/mol. The highest BCUT2D eigenvalue weighted by atomic mass is 19.4. The van der Waals surface area contributed by atoms with Crippen molar-refractivity contribution in [2.24, 2.45) is 17.3 Å². The highest BCUT2D eigenvalue weighted by Crippen LogP contribution is 2.60. The third-order valence-electron chi connectivity index (χ3n) is 5.18. The molecule has 8 heteroatoms. The van der Waals surface area contributed by atoms with Crippen molar-refractivity contribution in [2.45, 2.75) is 33.1 Å². The molecule has 0 radical (unpaired) electrons. The van der Waals surface area contributed by atoms with Crippen LogP contribution in [0.25, 0.3) is 0 Å². The highest BCUT2D eigenvalue weighted by Gasteiger charge is 2.62. The summed E-state index contributed by atoms with van der Waals surface area (Å²) < 4.78 is 61.7. The van der Waals surface area contributed by atoms with Crippen molar-refractivity contribution in [1.82, 2.24) is 4.98 Å². The number of esters is 1. The lowest BCUT2D eigenvalue weighted by molar-refractivity contribution is -0.151. The molecule has 1 heterocycles. The van der Waals surface area contributed by atoms with Crippen LogP contribution in [0.1, 0.15) is 32.6 Å². The Hall–Kier alpha value is -2.90. The van der Waals surface area contributed by atoms with Gasteiger partial charge in [-0.3, -0.25) is 4.79 Å². The fourth-order valence-electron chi connectivity index (χ4n) is 3.32. The first-order valence-corrected chi connectivity index (χ1v) is 9.35. The molecule has 0 bridgehead atoms. The lowest BCUT2D eigenvalue weighted by atomic mass is 10.1. The fraction of sp³-hybridized carbons (Fsp3) is 0.364. The van der Waals surface area contributed by atoms with Crippen LogP contribution in [0.4, 0.5) is 17.6 Å². The Balaban J connectivity index is 1.67. The minimum atomic E-state index is -5.07. The summed E-state index contributed by atoms with van der Waals surface area (Å²) in [6, 6.07) is 14.0. The second-order valence-corrected chi connectivity index (χ2v) is 7.73. The van der Waals surface area contributed by atoms with E-state index in [1.54, 1.807) is 51.1 Å². The SMILES string of the molecule is CC(OC(=O)C1C(C=C(F)C(F)(F)F)C1(C)C)c1cccc(Oc2ccccc2)n1. The number of alkyl halides is 3. The molecular formula is C22H21F4NO3. The van der Waals surface area contributed by atoms with E-state index in [0.29, 0.717) is 23.4 Å². The summed E-state index contributed by atoms with van der Waals surface area (Å²) in [5.41, 5.74) is -0.408. The molecule has 1 aliphatic carbocycles. The summed E-state index contributed by atoms with van der Waals surface area (Å²) in [6.07, 6.45) is -5.36. The zero-order chi connectivity index (χ0) is 22.1. The van der Waals surface area contributed by atoms with Crippen molar-refractivity contribution in [2.75, 3.05) is 0 Å². The van der Waals surface area contributed by atoms with Gasteiger partial charge in [-0.15, -0.1) is 0 Å². The van der Waals surface area contributed by atoms with Gasteiger partial charge in [0.05, 0.1) is 11.6 Å². The van der Waals surface area contributed by atoms with Gasteiger partial charge in [0.25, 0.3) is 0 Å². The number of halogens is 4. The Bertz CT molecular complexity index is 941. The smallest absolute Gasteiger partial charge is 0.442 e. The van der Waals surface area contributed by atoms with Crippen molar-refractivity contribution in [3.63, 3.8) is 0 Å². The number of aromatic nitrogens is 1. The number of nitrogens with zero attached hydrogens (tertiary/aromatic N) is 1. The number of benzene rings is 1. The first-order chi connectivity index (χ1) is 14.0. The molecule has 30 heavy (non-hydrogen) atoms. The number of carbonyl (C=O) groups excluding carboxylic acids is 1. The third kappa shape index (κ3) is 4.80. The molecule has 1 fully saturated rings. The molecule has 4 nitrogen and oxygen atoms in total. The largest absolute Gasteiger partial charge is 0.456 e. The maximum absolute atomic E-state index is 13.3. The van der Waals surface area contributed by atoms with Crippen LogP contribution in [0.3, 0.4) is 0 Å². The number of para-hydroxylation sites is 1. The predicted molar refractivity (Wildman–Crippen MR) is 101 cm³/mol. The Labute approximate surface area is 171 Å². The normalized spacial score (nSPS) is 21.6. The van der Waals surface area contributed by atoms with Crippen LogP contribution in [0.5, 0.6) is 11.6 Å². The number of carbonyl (C=O) groups is 1. The topological polar surface area (TPSA) is 48.4 Å². The van der Waals surface area contributed by atoms with Crippen LogP contribution in [0.15, 0.2) is 60.4 Å². The molecule has 3 atom stereocenters. The van der Waals surface area contributed by atoms with Crippen molar-refractivity contribution >= 4 is 5.97 Å². The number of ether oxygens (including phenoxy) is 2. The molecule has 0 N–H and O–H groups in total. The number of hydrogen-bond donors (Lipinski definition) is 0. The van der Waals surface area contributed by atoms with E-state index >= 15 is 0 Å². The van der Waals surface area contributed by atoms with Gasteiger partial charge in [0.1, 0.15) is 11.9 Å². The van der Waals surface area contributed by atoms with E-state index in [4.69, 9.17) is 9.47 Å². The number of pyridine rings is 1. The predicted octanol–water partition coefficient (Wildman–Crippen LogP) is 6.17. The van der Waals surface area contributed by atoms with Gasteiger partial charge in [0.2, 0.25) is 5.88 Å². The van der Waals surface area contributed by atoms with Gasteiger partial charge in [-0.05, 0) is 42.5 Å². The molecule has 0 aliphatic heterocycles. The van der Waals surface area contributed by atoms with E-state index in [2.05, 4.69) is 4.98 Å². The molecule has 0 amide bonds. The van der Waals surface area contributed by atoms with Gasteiger partial charge < -0.3 is 9.47 Å². The molecule has 3 unspecified atom stereocenters. The molecular weight excluding hydrogens is 402 g/mol. The summed E-state index contributed by atoms with van der Waals surface area (Å²) in [6.45, 7) is 4.80. The van der Waals surface area contributed by atoms with Gasteiger partial charge >= 0.3 is 12.1 Å². The molecule has 2 aromatic rings. The Kier molecular flexibility index (Phi) is 5.87. The molecule has 3 rings (SSSR count). The van der Waals surface area contributed by atoms with E-state index in [-0.39, 0.29) is 0 Å². The van der Waals surface area contributed by atoms with Gasteiger partial charge in [-0.25, -0.2) is 9.37 Å². The lowest BCUT2D eigenvalue weighted by Crippen LogP contribution is -2.14. The average Bonchev–Trinajstić information content (AvgIpc) is 3.22. The zero-order valence-electron chi connectivity index (χ0n) is 16.6. The maximum atomic E-state index is 13.3. The van der Waals surface area contributed by atoms with Gasteiger partial charge in [-0.1, -0.05) is 38.1 Å². The van der Waals surface area contributed by atoms with Crippen LogP contribution in [0.2, 0.25) is 0 Å². The quantitative estimate of drug-likeness (QED) is 0.412. The van der Waals surface area contributed by atoms with E-state index < -0.39 is 41.3 Å². The molecule has 1 aromatic heterocycles. The summed E-state index contributed by atoms with van der Waals surface area (Å²) in [5, 5.41) is 0. The van der Waals surface area contributed by atoms with Crippen LogP contribution < -0.4 is 4.74 Å². The lowest BCUT2D eigenvalue weighted by Gasteiger charge is -2.14. The van der Waals surface area contributed by atoms with Crippen molar-refractivity contribution < 1.29 is 31.8 Å². The fourth-order valence-corrected chi connectivity index (χ4v) is 3.32. The van der Waals surface area contributed by atoms with E-state index in [0.717, 1.165) is 0 Å². The van der Waals surface area contributed by atoms with Gasteiger partial charge in [0, 0.05) is 6.07 Å². The van der Waals surface area contributed by atoms with E-state index in [9.17, 15) is 22.4 Å². The second kappa shape index (κ2) is 8.08. The molecule has 0 saturated heterocycles. The van der Waals surface area contributed by atoms with Crippen molar-refractivity contribution in [3.8, 4) is 11.6 Å². The molecule has 0 spiro atoms. The highest BCUT2D eigenvalue weighted by molar-refractivity contribution is 5.78. The minimum Gasteiger partial charge on any atom is -0.456 e. The van der Waals surface area contributed by atoms with Crippen LogP contribution >= 0.6 is 0 Å². The van der Waals surface area contributed by atoms with Crippen LogP contribution in [-0.2, 0) is 9.53 Å². The minimum absolute atomic E-state index is 0.307. The number of rotatable bonds is 6. The first kappa shape index (κ1) is 21.8. The summed E-state index contributed by atoms with van der Waals surface area (Å²) in [5.74, 6) is -3.75.